The molecule has 1 aromatic carbocycles. The summed E-state index contributed by atoms with van der Waals surface area (Å²) in [4.78, 5) is 0. The molecule has 0 saturated heterocycles. The molecule has 3 unspecified atom stereocenters. The molecular formula is C16H22ClFO. The highest BCUT2D eigenvalue weighted by Crippen LogP contribution is 2.35. The van der Waals surface area contributed by atoms with E-state index >= 15 is 0 Å². The molecule has 2 rings (SSSR count). The van der Waals surface area contributed by atoms with Gasteiger partial charge in [0.1, 0.15) is 5.82 Å². The molecule has 19 heavy (non-hydrogen) atoms. The molecular weight excluding hydrogens is 263 g/mol. The number of aliphatic hydroxyl groups excluding tert-OH is 1. The van der Waals surface area contributed by atoms with Crippen molar-refractivity contribution >= 4 is 11.6 Å². The van der Waals surface area contributed by atoms with E-state index in [1.807, 2.05) is 0 Å². The summed E-state index contributed by atoms with van der Waals surface area (Å²) in [5, 5.41) is 10.6. The maximum atomic E-state index is 13.0. The van der Waals surface area contributed by atoms with Crippen molar-refractivity contribution in [2.75, 3.05) is 0 Å². The van der Waals surface area contributed by atoms with Gasteiger partial charge in [0.25, 0.3) is 0 Å². The molecule has 106 valence electrons. The number of halogens is 2. The topological polar surface area (TPSA) is 20.2 Å². The van der Waals surface area contributed by atoms with Gasteiger partial charge in [-0.3, -0.25) is 0 Å². The number of rotatable bonds is 4. The van der Waals surface area contributed by atoms with Gasteiger partial charge >= 0.3 is 0 Å². The third kappa shape index (κ3) is 3.93. The molecule has 0 bridgehead atoms. The molecule has 0 spiro atoms. The van der Waals surface area contributed by atoms with Crippen LogP contribution in [0.3, 0.4) is 0 Å². The minimum absolute atomic E-state index is 0.241. The van der Waals surface area contributed by atoms with E-state index in [4.69, 9.17) is 11.6 Å². The van der Waals surface area contributed by atoms with Crippen LogP contribution < -0.4 is 0 Å². The first-order chi connectivity index (χ1) is 9.10. The normalized spacial score (nSPS) is 27.5. The van der Waals surface area contributed by atoms with Crippen molar-refractivity contribution in [2.45, 2.75) is 51.6 Å². The molecule has 1 aromatic rings. The third-order valence-corrected chi connectivity index (χ3v) is 4.60. The van der Waals surface area contributed by atoms with Crippen molar-refractivity contribution in [2.24, 2.45) is 11.8 Å². The van der Waals surface area contributed by atoms with Gasteiger partial charge in [-0.25, -0.2) is 4.39 Å². The van der Waals surface area contributed by atoms with Crippen molar-refractivity contribution in [3.63, 3.8) is 0 Å². The van der Waals surface area contributed by atoms with Crippen LogP contribution in [0, 0.1) is 17.7 Å². The molecule has 0 heterocycles. The Balaban J connectivity index is 2.03. The van der Waals surface area contributed by atoms with Crippen LogP contribution in [0.4, 0.5) is 4.39 Å². The van der Waals surface area contributed by atoms with Gasteiger partial charge in [-0.05, 0) is 55.2 Å². The van der Waals surface area contributed by atoms with Gasteiger partial charge in [0.05, 0.1) is 6.10 Å². The summed E-state index contributed by atoms with van der Waals surface area (Å²) in [7, 11) is 0. The molecule has 3 heteroatoms. The largest absolute Gasteiger partial charge is 0.393 e. The van der Waals surface area contributed by atoms with Crippen LogP contribution in [0.2, 0.25) is 5.02 Å². The van der Waals surface area contributed by atoms with E-state index in [0.717, 1.165) is 37.2 Å². The Kier molecular flexibility index (Phi) is 5.23. The van der Waals surface area contributed by atoms with Gasteiger partial charge in [-0.2, -0.15) is 0 Å². The smallest absolute Gasteiger partial charge is 0.124 e. The van der Waals surface area contributed by atoms with Crippen LogP contribution in [0.5, 0.6) is 0 Å². The Morgan fingerprint density at radius 3 is 2.84 bits per heavy atom. The SMILES string of the molecule is CCCC1CCC(O)C(Cc2ccc(F)cc2Cl)C1. The van der Waals surface area contributed by atoms with Gasteiger partial charge in [-0.1, -0.05) is 37.4 Å². The van der Waals surface area contributed by atoms with E-state index in [0.29, 0.717) is 5.02 Å². The van der Waals surface area contributed by atoms with Crippen LogP contribution in [-0.2, 0) is 6.42 Å². The highest BCUT2D eigenvalue weighted by Gasteiger charge is 2.29. The summed E-state index contributed by atoms with van der Waals surface area (Å²) in [6, 6.07) is 4.55. The van der Waals surface area contributed by atoms with E-state index in [-0.39, 0.29) is 17.8 Å². The van der Waals surface area contributed by atoms with E-state index in [2.05, 4.69) is 6.92 Å². The molecule has 0 aromatic heterocycles. The zero-order chi connectivity index (χ0) is 13.8. The van der Waals surface area contributed by atoms with E-state index < -0.39 is 0 Å². The van der Waals surface area contributed by atoms with Gasteiger partial charge in [0.15, 0.2) is 0 Å². The Morgan fingerprint density at radius 1 is 1.37 bits per heavy atom. The van der Waals surface area contributed by atoms with E-state index in [1.54, 1.807) is 6.07 Å². The highest BCUT2D eigenvalue weighted by molar-refractivity contribution is 6.31. The fourth-order valence-corrected chi connectivity index (χ4v) is 3.45. The number of benzene rings is 1. The van der Waals surface area contributed by atoms with Crippen molar-refractivity contribution in [3.8, 4) is 0 Å². The molecule has 1 aliphatic carbocycles. The minimum Gasteiger partial charge on any atom is -0.393 e. The first kappa shape index (κ1) is 14.8. The zero-order valence-electron chi connectivity index (χ0n) is 11.4. The Morgan fingerprint density at radius 2 is 2.16 bits per heavy atom. The average molecular weight is 285 g/mol. The average Bonchev–Trinajstić information content (AvgIpc) is 2.37. The molecule has 0 aliphatic heterocycles. The fraction of sp³-hybridized carbons (Fsp3) is 0.625. The van der Waals surface area contributed by atoms with E-state index in [1.165, 1.54) is 25.0 Å². The number of aliphatic hydroxyl groups is 1. The predicted molar refractivity (Wildman–Crippen MR) is 76.9 cm³/mol. The number of hydrogen-bond acceptors (Lipinski definition) is 1. The van der Waals surface area contributed by atoms with Crippen molar-refractivity contribution in [1.82, 2.24) is 0 Å². The highest BCUT2D eigenvalue weighted by atomic mass is 35.5. The summed E-state index contributed by atoms with van der Waals surface area (Å²) in [5.74, 6) is 0.674. The maximum Gasteiger partial charge on any atom is 0.124 e. The monoisotopic (exact) mass is 284 g/mol. The van der Waals surface area contributed by atoms with Crippen molar-refractivity contribution < 1.29 is 9.50 Å². The fourth-order valence-electron chi connectivity index (χ4n) is 3.20. The summed E-state index contributed by atoms with van der Waals surface area (Å²) in [6.45, 7) is 2.21. The molecule has 1 nitrogen and oxygen atoms in total. The standard InChI is InChI=1S/C16H22ClFO/c1-2-3-11-4-7-16(19)13(8-11)9-12-5-6-14(18)10-15(12)17/h5-6,10-11,13,16,19H,2-4,7-9H2,1H3. The lowest BCUT2D eigenvalue weighted by molar-refractivity contribution is 0.0463. The molecule has 0 amide bonds. The molecule has 3 atom stereocenters. The van der Waals surface area contributed by atoms with Crippen LogP contribution in [-0.4, -0.2) is 11.2 Å². The number of hydrogen-bond donors (Lipinski definition) is 1. The molecule has 0 radical (unpaired) electrons. The van der Waals surface area contributed by atoms with Gasteiger partial charge < -0.3 is 5.11 Å². The Labute approximate surface area is 119 Å². The van der Waals surface area contributed by atoms with Gasteiger partial charge in [0.2, 0.25) is 0 Å². The minimum atomic E-state index is -0.304. The third-order valence-electron chi connectivity index (χ3n) is 4.25. The molecule has 1 fully saturated rings. The lowest BCUT2D eigenvalue weighted by atomic mass is 9.75. The van der Waals surface area contributed by atoms with Crippen molar-refractivity contribution in [1.29, 1.82) is 0 Å². The lowest BCUT2D eigenvalue weighted by Gasteiger charge is -2.33. The molecule has 1 N–H and O–H groups in total. The summed E-state index contributed by atoms with van der Waals surface area (Å²) in [6.07, 6.45) is 6.01. The summed E-state index contributed by atoms with van der Waals surface area (Å²) < 4.78 is 13.0. The van der Waals surface area contributed by atoms with Gasteiger partial charge in [-0.15, -0.1) is 0 Å². The quantitative estimate of drug-likeness (QED) is 0.857. The first-order valence-electron chi connectivity index (χ1n) is 7.22. The second kappa shape index (κ2) is 6.71. The molecule has 1 aliphatic rings. The van der Waals surface area contributed by atoms with Crippen LogP contribution in [0.25, 0.3) is 0 Å². The summed E-state index contributed by atoms with van der Waals surface area (Å²) >= 11 is 6.07. The second-order valence-corrected chi connectivity index (χ2v) is 6.14. The van der Waals surface area contributed by atoms with Crippen molar-refractivity contribution in [3.05, 3.63) is 34.6 Å². The van der Waals surface area contributed by atoms with Crippen LogP contribution in [0.15, 0.2) is 18.2 Å². The summed E-state index contributed by atoms with van der Waals surface area (Å²) in [5.41, 5.74) is 0.948. The Bertz CT molecular complexity index is 421. The van der Waals surface area contributed by atoms with Crippen LogP contribution in [0.1, 0.15) is 44.6 Å². The lowest BCUT2D eigenvalue weighted by Crippen LogP contribution is -2.30. The Hall–Kier alpha value is -0.600. The second-order valence-electron chi connectivity index (χ2n) is 5.74. The van der Waals surface area contributed by atoms with Gasteiger partial charge in [0, 0.05) is 5.02 Å². The maximum absolute atomic E-state index is 13.0. The molecule has 1 saturated carbocycles. The van der Waals surface area contributed by atoms with E-state index in [9.17, 15) is 9.50 Å². The predicted octanol–water partition coefficient (Wildman–Crippen LogP) is 4.60. The zero-order valence-corrected chi connectivity index (χ0v) is 12.2. The van der Waals surface area contributed by atoms with Crippen LogP contribution >= 0.6 is 11.6 Å². The first-order valence-corrected chi connectivity index (χ1v) is 7.60.